The number of carbonyl (C=O) groups is 1. The summed E-state index contributed by atoms with van der Waals surface area (Å²) in [5.74, 6) is -1.30. The van der Waals surface area contributed by atoms with Crippen molar-refractivity contribution in [2.24, 2.45) is 10.7 Å². The molecule has 1 fully saturated rings. The number of nitrogens with one attached hydrogen (secondary N) is 2. The third-order valence-corrected chi connectivity index (χ3v) is 9.74. The Labute approximate surface area is 186 Å². The highest BCUT2D eigenvalue weighted by molar-refractivity contribution is 8.29. The molecule has 2 aromatic rings. The lowest BCUT2D eigenvalue weighted by Gasteiger charge is -2.57. The van der Waals surface area contributed by atoms with Crippen LogP contribution in [0.4, 0.5) is 14.6 Å². The summed E-state index contributed by atoms with van der Waals surface area (Å²) in [6.07, 6.45) is 2.49. The Kier molecular flexibility index (Phi) is 5.46. The SMILES string of the molecule is Cc1cc(F)cnc1C(=O)Nc1ccc(F)c(C2(C)CS3(O)NCCCC3(C)C(N)=N2)n1. The summed E-state index contributed by atoms with van der Waals surface area (Å²) in [4.78, 5) is 25.3. The number of hydrogen-bond acceptors (Lipinski definition) is 7. The second kappa shape index (κ2) is 7.75. The molecule has 3 unspecified atom stereocenters. The van der Waals surface area contributed by atoms with E-state index in [9.17, 15) is 18.1 Å². The standard InChI is InChI=1S/C21H26F2N6O2S/c1-12-9-13(22)10-25-16(12)18(30)28-15-6-5-14(23)17(27-15)20(2)11-32(31)21(3,19(24)29-20)7-4-8-26-32/h5-6,9-10,26,31H,4,7-8,11H2,1-3H3,(H2,24,29)(H,27,28,30). The topological polar surface area (TPSA) is 126 Å². The lowest BCUT2D eigenvalue weighted by atomic mass is 9.96. The molecule has 8 nitrogen and oxygen atoms in total. The molecule has 4 rings (SSSR count). The zero-order valence-corrected chi connectivity index (χ0v) is 18.9. The highest BCUT2D eigenvalue weighted by Crippen LogP contribution is 2.62. The number of halogens is 2. The monoisotopic (exact) mass is 464 g/mol. The van der Waals surface area contributed by atoms with Gasteiger partial charge in [0.2, 0.25) is 0 Å². The molecule has 0 radical (unpaired) electrons. The Morgan fingerprint density at radius 2 is 2.09 bits per heavy atom. The van der Waals surface area contributed by atoms with Crippen molar-refractivity contribution in [1.29, 1.82) is 0 Å². The van der Waals surface area contributed by atoms with E-state index in [0.717, 1.165) is 12.6 Å². The number of amides is 1. The molecule has 2 aromatic heterocycles. The number of aryl methyl sites for hydroxylation is 1. The van der Waals surface area contributed by atoms with Gasteiger partial charge in [0.25, 0.3) is 5.91 Å². The number of hydrogen-bond donors (Lipinski definition) is 4. The van der Waals surface area contributed by atoms with Crippen molar-refractivity contribution in [3.05, 3.63) is 53.0 Å². The molecule has 2 aliphatic rings. The Bertz CT molecular complexity index is 1130. The van der Waals surface area contributed by atoms with E-state index >= 15 is 0 Å². The Balaban J connectivity index is 1.69. The predicted octanol–water partition coefficient (Wildman–Crippen LogP) is 3.24. The summed E-state index contributed by atoms with van der Waals surface area (Å²) >= 11 is 0. The minimum Gasteiger partial charge on any atom is -0.386 e. The first-order chi connectivity index (χ1) is 15.0. The summed E-state index contributed by atoms with van der Waals surface area (Å²) in [5, 5.41) is 2.57. The molecule has 1 saturated heterocycles. The zero-order chi connectivity index (χ0) is 23.3. The number of fused-ring (bicyclic) bond motifs is 1. The van der Waals surface area contributed by atoms with Crippen LogP contribution in [0, 0.1) is 18.6 Å². The molecule has 0 bridgehead atoms. The first-order valence-corrected chi connectivity index (χ1v) is 12.0. The molecule has 2 aliphatic heterocycles. The van der Waals surface area contributed by atoms with E-state index in [2.05, 4.69) is 25.0 Å². The van der Waals surface area contributed by atoms with E-state index in [-0.39, 0.29) is 28.8 Å². The van der Waals surface area contributed by atoms with Crippen molar-refractivity contribution in [2.45, 2.75) is 43.9 Å². The molecule has 5 N–H and O–H groups in total. The fourth-order valence-corrected chi connectivity index (χ4v) is 7.40. The van der Waals surface area contributed by atoms with E-state index in [1.165, 1.54) is 18.2 Å². The number of nitrogens with zero attached hydrogens (tertiary/aromatic N) is 3. The largest absolute Gasteiger partial charge is 0.386 e. The van der Waals surface area contributed by atoms with Crippen molar-refractivity contribution in [1.82, 2.24) is 14.7 Å². The fourth-order valence-electron chi connectivity index (χ4n) is 4.29. The molecule has 3 atom stereocenters. The number of rotatable bonds is 3. The van der Waals surface area contributed by atoms with Crippen LogP contribution in [0.2, 0.25) is 0 Å². The van der Waals surface area contributed by atoms with E-state index in [1.54, 1.807) is 13.8 Å². The van der Waals surface area contributed by atoms with Crippen LogP contribution in [0.3, 0.4) is 0 Å². The summed E-state index contributed by atoms with van der Waals surface area (Å²) in [6, 6.07) is 3.70. The van der Waals surface area contributed by atoms with Gasteiger partial charge in [-0.25, -0.2) is 18.7 Å². The summed E-state index contributed by atoms with van der Waals surface area (Å²) in [5.41, 5.74) is 5.44. The van der Waals surface area contributed by atoms with Crippen molar-refractivity contribution in [3.63, 3.8) is 0 Å². The van der Waals surface area contributed by atoms with Gasteiger partial charge in [-0.15, -0.1) is 0 Å². The lowest BCUT2D eigenvalue weighted by molar-refractivity contribution is 0.102. The maximum absolute atomic E-state index is 14.9. The average Bonchev–Trinajstić information content (AvgIpc) is 2.70. The Hall–Kier alpha value is -2.63. The highest BCUT2D eigenvalue weighted by Gasteiger charge is 2.55. The van der Waals surface area contributed by atoms with Gasteiger partial charge in [0.15, 0.2) is 0 Å². The number of aromatic nitrogens is 2. The van der Waals surface area contributed by atoms with Crippen LogP contribution in [0.25, 0.3) is 0 Å². The quantitative estimate of drug-likeness (QED) is 0.553. The van der Waals surface area contributed by atoms with Crippen LogP contribution in [-0.2, 0) is 5.54 Å². The second-order valence-corrected chi connectivity index (χ2v) is 11.5. The highest BCUT2D eigenvalue weighted by atomic mass is 32.3. The Morgan fingerprint density at radius 3 is 2.81 bits per heavy atom. The summed E-state index contributed by atoms with van der Waals surface area (Å²) in [7, 11) is -2.44. The van der Waals surface area contributed by atoms with Gasteiger partial charge < -0.3 is 15.6 Å². The molecule has 32 heavy (non-hydrogen) atoms. The van der Waals surface area contributed by atoms with E-state index < -0.39 is 38.3 Å². The summed E-state index contributed by atoms with van der Waals surface area (Å²) < 4.78 is 42.2. The normalized spacial score (nSPS) is 31.8. The van der Waals surface area contributed by atoms with Gasteiger partial charge in [0.05, 0.1) is 10.9 Å². The summed E-state index contributed by atoms with van der Waals surface area (Å²) in [6.45, 7) is 5.75. The molecule has 1 amide bonds. The van der Waals surface area contributed by atoms with Crippen LogP contribution in [0.5, 0.6) is 0 Å². The number of carbonyl (C=O) groups excluding carboxylic acids is 1. The molecule has 0 aliphatic carbocycles. The fraction of sp³-hybridized carbons (Fsp3) is 0.429. The van der Waals surface area contributed by atoms with Gasteiger partial charge in [-0.2, -0.15) is 0 Å². The molecule has 4 heterocycles. The maximum atomic E-state index is 14.9. The van der Waals surface area contributed by atoms with Crippen LogP contribution >= 0.6 is 10.5 Å². The first-order valence-electron chi connectivity index (χ1n) is 10.2. The molecule has 0 spiro atoms. The third kappa shape index (κ3) is 3.63. The van der Waals surface area contributed by atoms with Crippen molar-refractivity contribution in [3.8, 4) is 0 Å². The van der Waals surface area contributed by atoms with Crippen LogP contribution in [-0.4, -0.2) is 43.3 Å². The molecular weight excluding hydrogens is 438 g/mol. The van der Waals surface area contributed by atoms with Crippen molar-refractivity contribution < 1.29 is 18.1 Å². The van der Waals surface area contributed by atoms with Gasteiger partial charge in [-0.05, 0) is 57.4 Å². The van der Waals surface area contributed by atoms with Gasteiger partial charge in [-0.3, -0.25) is 14.5 Å². The number of nitrogens with two attached hydrogens (primary N) is 1. The zero-order valence-electron chi connectivity index (χ0n) is 18.1. The first kappa shape index (κ1) is 22.6. The van der Waals surface area contributed by atoms with E-state index in [1.807, 2.05) is 6.92 Å². The minimum atomic E-state index is -2.44. The second-order valence-electron chi connectivity index (χ2n) is 8.65. The van der Waals surface area contributed by atoms with E-state index in [0.29, 0.717) is 18.5 Å². The number of pyridine rings is 2. The number of amidine groups is 1. The van der Waals surface area contributed by atoms with Gasteiger partial charge in [0.1, 0.15) is 40.2 Å². The Morgan fingerprint density at radius 1 is 1.34 bits per heavy atom. The number of anilines is 1. The van der Waals surface area contributed by atoms with Gasteiger partial charge >= 0.3 is 0 Å². The van der Waals surface area contributed by atoms with Gasteiger partial charge in [-0.1, -0.05) is 10.5 Å². The molecule has 0 aromatic carbocycles. The molecule has 172 valence electrons. The minimum absolute atomic E-state index is 0.0302. The smallest absolute Gasteiger partial charge is 0.275 e. The van der Waals surface area contributed by atoms with Crippen LogP contribution in [0.1, 0.15) is 48.4 Å². The predicted molar refractivity (Wildman–Crippen MR) is 121 cm³/mol. The van der Waals surface area contributed by atoms with Crippen LogP contribution in [0.15, 0.2) is 29.4 Å². The number of aliphatic imine (C=N–C) groups is 1. The van der Waals surface area contributed by atoms with Crippen molar-refractivity contribution in [2.75, 3.05) is 17.6 Å². The van der Waals surface area contributed by atoms with Gasteiger partial charge in [0, 0.05) is 12.3 Å². The molecule has 11 heteroatoms. The van der Waals surface area contributed by atoms with E-state index in [4.69, 9.17) is 5.73 Å². The lowest BCUT2D eigenvalue weighted by Crippen LogP contribution is -2.60. The van der Waals surface area contributed by atoms with Crippen molar-refractivity contribution >= 4 is 28.1 Å². The maximum Gasteiger partial charge on any atom is 0.275 e. The van der Waals surface area contributed by atoms with Crippen LogP contribution < -0.4 is 15.8 Å². The third-order valence-electron chi connectivity index (χ3n) is 6.17. The molecule has 0 saturated carbocycles. The molecular formula is C21H26F2N6O2S. The average molecular weight is 465 g/mol.